The summed E-state index contributed by atoms with van der Waals surface area (Å²) in [5, 5.41) is 2.77. The van der Waals surface area contributed by atoms with Crippen molar-refractivity contribution in [2.24, 2.45) is 0 Å². The van der Waals surface area contributed by atoms with E-state index in [1.807, 2.05) is 20.8 Å². The summed E-state index contributed by atoms with van der Waals surface area (Å²) < 4.78 is 0. The monoisotopic (exact) mass is 200 g/mol. The minimum Gasteiger partial charge on any atom is -0.353 e. The second-order valence-electron chi connectivity index (χ2n) is 3.79. The molecular weight excluding hydrogens is 180 g/mol. The second-order valence-corrected chi connectivity index (χ2v) is 3.79. The van der Waals surface area contributed by atoms with Gasteiger partial charge in [-0.1, -0.05) is 6.92 Å². The van der Waals surface area contributed by atoms with Gasteiger partial charge in [0, 0.05) is 12.5 Å². The molecule has 14 heavy (non-hydrogen) atoms. The normalized spacial score (nSPS) is 10.7. The van der Waals surface area contributed by atoms with E-state index in [4.69, 9.17) is 0 Å². The van der Waals surface area contributed by atoms with Crippen LogP contribution in [0.15, 0.2) is 0 Å². The standard InChI is InChI=1S/C10H20N2O2/c1-5-9(13)6-12(4)7-10(14)11-8(2)3/h8H,5-7H2,1-4H3,(H,11,14). The molecule has 82 valence electrons. The summed E-state index contributed by atoms with van der Waals surface area (Å²) in [4.78, 5) is 24.0. The zero-order valence-corrected chi connectivity index (χ0v) is 9.46. The van der Waals surface area contributed by atoms with Crippen LogP contribution in [0.5, 0.6) is 0 Å². The number of carbonyl (C=O) groups excluding carboxylic acids is 2. The lowest BCUT2D eigenvalue weighted by atomic mass is 10.3. The fraction of sp³-hybridized carbons (Fsp3) is 0.800. The third kappa shape index (κ3) is 6.60. The Balaban J connectivity index is 3.76. The summed E-state index contributed by atoms with van der Waals surface area (Å²) in [5.41, 5.74) is 0. The first kappa shape index (κ1) is 13.1. The molecule has 0 aliphatic rings. The molecule has 0 spiro atoms. The first-order valence-electron chi connectivity index (χ1n) is 4.95. The van der Waals surface area contributed by atoms with Crippen LogP contribution in [-0.4, -0.2) is 42.8 Å². The van der Waals surface area contributed by atoms with Crippen molar-refractivity contribution in [3.63, 3.8) is 0 Å². The van der Waals surface area contributed by atoms with E-state index in [0.29, 0.717) is 13.0 Å². The van der Waals surface area contributed by atoms with Crippen molar-refractivity contribution in [1.82, 2.24) is 10.2 Å². The number of ketones is 1. The molecule has 4 heteroatoms. The molecule has 0 radical (unpaired) electrons. The quantitative estimate of drug-likeness (QED) is 0.676. The minimum atomic E-state index is -0.0357. The van der Waals surface area contributed by atoms with Gasteiger partial charge in [0.05, 0.1) is 13.1 Å². The second kappa shape index (κ2) is 6.54. The average Bonchev–Trinajstić information content (AvgIpc) is 2.01. The SMILES string of the molecule is CCC(=O)CN(C)CC(=O)NC(C)C. The maximum absolute atomic E-state index is 11.3. The van der Waals surface area contributed by atoms with E-state index in [2.05, 4.69) is 5.32 Å². The number of rotatable bonds is 6. The fourth-order valence-electron chi connectivity index (χ4n) is 1.08. The minimum absolute atomic E-state index is 0.0357. The van der Waals surface area contributed by atoms with E-state index in [-0.39, 0.29) is 24.3 Å². The Kier molecular flexibility index (Phi) is 6.12. The van der Waals surface area contributed by atoms with Gasteiger partial charge in [-0.05, 0) is 20.9 Å². The number of nitrogens with zero attached hydrogens (tertiary/aromatic N) is 1. The largest absolute Gasteiger partial charge is 0.353 e. The molecule has 0 aliphatic heterocycles. The number of nitrogens with one attached hydrogen (secondary N) is 1. The molecule has 0 saturated heterocycles. The molecule has 0 fully saturated rings. The first-order chi connectivity index (χ1) is 6.45. The van der Waals surface area contributed by atoms with Crippen LogP contribution in [0.25, 0.3) is 0 Å². The number of carbonyl (C=O) groups is 2. The van der Waals surface area contributed by atoms with Crippen LogP contribution >= 0.6 is 0 Å². The fourth-order valence-corrected chi connectivity index (χ4v) is 1.08. The molecule has 0 saturated carbocycles. The lowest BCUT2D eigenvalue weighted by Crippen LogP contribution is -2.40. The van der Waals surface area contributed by atoms with Gasteiger partial charge in [0.2, 0.25) is 5.91 Å². The van der Waals surface area contributed by atoms with E-state index in [9.17, 15) is 9.59 Å². The Morgan fingerprint density at radius 2 is 1.86 bits per heavy atom. The predicted molar refractivity (Wildman–Crippen MR) is 56.1 cm³/mol. The number of hydrogen-bond acceptors (Lipinski definition) is 3. The molecule has 0 aromatic rings. The van der Waals surface area contributed by atoms with Crippen LogP contribution in [0.3, 0.4) is 0 Å². The number of likely N-dealkylation sites (N-methyl/N-ethyl adjacent to an activating group) is 1. The molecule has 0 bridgehead atoms. The van der Waals surface area contributed by atoms with Crippen molar-refractivity contribution >= 4 is 11.7 Å². The highest BCUT2D eigenvalue weighted by Gasteiger charge is 2.09. The summed E-state index contributed by atoms with van der Waals surface area (Å²) >= 11 is 0. The highest BCUT2D eigenvalue weighted by Crippen LogP contribution is 1.88. The molecule has 4 nitrogen and oxygen atoms in total. The smallest absolute Gasteiger partial charge is 0.234 e. The van der Waals surface area contributed by atoms with Crippen molar-refractivity contribution < 1.29 is 9.59 Å². The van der Waals surface area contributed by atoms with Crippen molar-refractivity contribution in [2.45, 2.75) is 33.2 Å². The molecule has 0 unspecified atom stereocenters. The third-order valence-corrected chi connectivity index (χ3v) is 1.70. The summed E-state index contributed by atoms with van der Waals surface area (Å²) in [6.07, 6.45) is 0.524. The van der Waals surface area contributed by atoms with Crippen LogP contribution in [-0.2, 0) is 9.59 Å². The summed E-state index contributed by atoms with van der Waals surface area (Å²) in [6.45, 7) is 6.28. The molecule has 0 rings (SSSR count). The molecule has 0 aromatic heterocycles. The molecule has 0 heterocycles. The number of hydrogen-bond donors (Lipinski definition) is 1. The van der Waals surface area contributed by atoms with Crippen LogP contribution in [0.1, 0.15) is 27.2 Å². The first-order valence-corrected chi connectivity index (χ1v) is 4.95. The van der Waals surface area contributed by atoms with Gasteiger partial charge in [0.15, 0.2) is 0 Å². The highest BCUT2D eigenvalue weighted by molar-refractivity contribution is 5.82. The molecular formula is C10H20N2O2. The van der Waals surface area contributed by atoms with E-state index in [1.54, 1.807) is 11.9 Å². The Bertz CT molecular complexity index is 202. The Hall–Kier alpha value is -0.900. The van der Waals surface area contributed by atoms with E-state index in [0.717, 1.165) is 0 Å². The van der Waals surface area contributed by atoms with Crippen LogP contribution < -0.4 is 5.32 Å². The van der Waals surface area contributed by atoms with Gasteiger partial charge in [-0.2, -0.15) is 0 Å². The lowest BCUT2D eigenvalue weighted by Gasteiger charge is -2.16. The van der Waals surface area contributed by atoms with Crippen LogP contribution in [0, 0.1) is 0 Å². The molecule has 1 N–H and O–H groups in total. The lowest BCUT2D eigenvalue weighted by molar-refractivity contribution is -0.123. The molecule has 1 amide bonds. The van der Waals surface area contributed by atoms with Crippen LogP contribution in [0.4, 0.5) is 0 Å². The van der Waals surface area contributed by atoms with E-state index < -0.39 is 0 Å². The molecule has 0 atom stereocenters. The van der Waals surface area contributed by atoms with Crippen molar-refractivity contribution in [1.29, 1.82) is 0 Å². The van der Waals surface area contributed by atoms with Crippen molar-refractivity contribution in [3.8, 4) is 0 Å². The van der Waals surface area contributed by atoms with E-state index >= 15 is 0 Å². The van der Waals surface area contributed by atoms with Gasteiger partial charge in [0.1, 0.15) is 5.78 Å². The van der Waals surface area contributed by atoms with Gasteiger partial charge >= 0.3 is 0 Å². The Morgan fingerprint density at radius 1 is 1.29 bits per heavy atom. The third-order valence-electron chi connectivity index (χ3n) is 1.70. The topological polar surface area (TPSA) is 49.4 Å². The number of Topliss-reactive ketones (excluding diaryl/α,β-unsaturated/α-hetero) is 1. The highest BCUT2D eigenvalue weighted by atomic mass is 16.2. The maximum atomic E-state index is 11.3. The van der Waals surface area contributed by atoms with Gasteiger partial charge < -0.3 is 5.32 Å². The molecule has 0 aliphatic carbocycles. The summed E-state index contributed by atoms with van der Waals surface area (Å²) in [5.74, 6) is 0.122. The summed E-state index contributed by atoms with van der Waals surface area (Å²) in [7, 11) is 1.77. The van der Waals surface area contributed by atoms with Gasteiger partial charge in [-0.15, -0.1) is 0 Å². The van der Waals surface area contributed by atoms with Crippen LogP contribution in [0.2, 0.25) is 0 Å². The van der Waals surface area contributed by atoms with Gasteiger partial charge in [-0.25, -0.2) is 0 Å². The van der Waals surface area contributed by atoms with Crippen molar-refractivity contribution in [2.75, 3.05) is 20.1 Å². The predicted octanol–water partition coefficient (Wildman–Crippen LogP) is 0.422. The zero-order valence-electron chi connectivity index (χ0n) is 9.46. The molecule has 0 aromatic carbocycles. The van der Waals surface area contributed by atoms with Gasteiger partial charge in [0.25, 0.3) is 0 Å². The Morgan fingerprint density at radius 3 is 2.29 bits per heavy atom. The number of amides is 1. The average molecular weight is 200 g/mol. The summed E-state index contributed by atoms with van der Waals surface area (Å²) in [6, 6.07) is 0.151. The van der Waals surface area contributed by atoms with Crippen molar-refractivity contribution in [3.05, 3.63) is 0 Å². The zero-order chi connectivity index (χ0) is 11.1. The van der Waals surface area contributed by atoms with E-state index in [1.165, 1.54) is 0 Å². The maximum Gasteiger partial charge on any atom is 0.234 e. The van der Waals surface area contributed by atoms with Gasteiger partial charge in [-0.3, -0.25) is 14.5 Å². The Labute approximate surface area is 85.7 Å².